The van der Waals surface area contributed by atoms with Gasteiger partial charge in [0.1, 0.15) is 5.75 Å². The Morgan fingerprint density at radius 2 is 2.11 bits per heavy atom. The highest BCUT2D eigenvalue weighted by Gasteiger charge is 2.22. The molecule has 18 heavy (non-hydrogen) atoms. The Balaban J connectivity index is 1.94. The molecule has 0 spiro atoms. The molecule has 1 aromatic rings. The first kappa shape index (κ1) is 12.9. The zero-order valence-corrected chi connectivity index (χ0v) is 10.7. The molecule has 4 nitrogen and oxygen atoms in total. The molecular weight excluding hydrogens is 228 g/mol. The van der Waals surface area contributed by atoms with Crippen LogP contribution in [0.25, 0.3) is 0 Å². The second-order valence-corrected chi connectivity index (χ2v) is 4.61. The summed E-state index contributed by atoms with van der Waals surface area (Å²) in [6.45, 7) is 2.10. The van der Waals surface area contributed by atoms with Crippen molar-refractivity contribution >= 4 is 5.91 Å². The van der Waals surface area contributed by atoms with Gasteiger partial charge in [0.2, 0.25) is 0 Å². The zero-order chi connectivity index (χ0) is 12.8. The third-order valence-corrected chi connectivity index (χ3v) is 2.96. The van der Waals surface area contributed by atoms with E-state index >= 15 is 0 Å². The maximum atomic E-state index is 12.0. The van der Waals surface area contributed by atoms with E-state index in [9.17, 15) is 4.79 Å². The van der Waals surface area contributed by atoms with Crippen molar-refractivity contribution < 1.29 is 9.53 Å². The van der Waals surface area contributed by atoms with Gasteiger partial charge < -0.3 is 15.4 Å². The van der Waals surface area contributed by atoms with Gasteiger partial charge in [-0.1, -0.05) is 12.1 Å². The summed E-state index contributed by atoms with van der Waals surface area (Å²) in [7, 11) is 1.86. The van der Waals surface area contributed by atoms with Crippen molar-refractivity contribution in [3.05, 3.63) is 29.8 Å². The van der Waals surface area contributed by atoms with Crippen LogP contribution in [0.3, 0.4) is 0 Å². The number of rotatable bonds is 7. The monoisotopic (exact) mass is 248 g/mol. The van der Waals surface area contributed by atoms with Crippen LogP contribution < -0.4 is 15.4 Å². The van der Waals surface area contributed by atoms with Crippen molar-refractivity contribution in [2.75, 3.05) is 26.7 Å². The number of hydrogen-bond acceptors (Lipinski definition) is 3. The highest BCUT2D eigenvalue weighted by atomic mass is 16.5. The number of ether oxygens (including phenoxy) is 1. The molecule has 0 aliphatic heterocycles. The van der Waals surface area contributed by atoms with Gasteiger partial charge in [-0.05, 0) is 37.9 Å². The van der Waals surface area contributed by atoms with E-state index in [1.807, 2.05) is 25.2 Å². The molecule has 0 aromatic heterocycles. The van der Waals surface area contributed by atoms with E-state index in [-0.39, 0.29) is 5.91 Å². The average molecular weight is 248 g/mol. The van der Waals surface area contributed by atoms with Gasteiger partial charge in [0.15, 0.2) is 0 Å². The number of amides is 1. The molecule has 98 valence electrons. The standard InChI is InChI=1S/C14H20N2O2/c1-15-8-9-16-14(17)12-4-2-3-5-13(12)18-10-11-6-7-11/h2-5,11,15H,6-10H2,1H3,(H,16,17). The zero-order valence-electron chi connectivity index (χ0n) is 10.7. The molecule has 0 saturated heterocycles. The molecule has 4 heteroatoms. The van der Waals surface area contributed by atoms with Crippen LogP contribution in [-0.4, -0.2) is 32.7 Å². The summed E-state index contributed by atoms with van der Waals surface area (Å²) < 4.78 is 5.71. The SMILES string of the molecule is CNCCNC(=O)c1ccccc1OCC1CC1. The van der Waals surface area contributed by atoms with Crippen LogP contribution in [0.2, 0.25) is 0 Å². The molecule has 2 rings (SSSR count). The largest absolute Gasteiger partial charge is 0.492 e. The summed E-state index contributed by atoms with van der Waals surface area (Å²) in [4.78, 5) is 12.0. The van der Waals surface area contributed by atoms with E-state index < -0.39 is 0 Å². The Bertz CT molecular complexity index is 403. The molecular formula is C14H20N2O2. The van der Waals surface area contributed by atoms with Gasteiger partial charge in [-0.25, -0.2) is 0 Å². The van der Waals surface area contributed by atoms with Crippen molar-refractivity contribution in [2.45, 2.75) is 12.8 Å². The number of carbonyl (C=O) groups is 1. The third kappa shape index (κ3) is 3.74. The van der Waals surface area contributed by atoms with Gasteiger partial charge in [-0.15, -0.1) is 0 Å². The summed E-state index contributed by atoms with van der Waals surface area (Å²) in [5, 5.41) is 5.85. The smallest absolute Gasteiger partial charge is 0.255 e. The minimum absolute atomic E-state index is 0.0725. The van der Waals surface area contributed by atoms with Gasteiger partial charge >= 0.3 is 0 Å². The first-order chi connectivity index (χ1) is 8.81. The molecule has 0 unspecified atom stereocenters. The Morgan fingerprint density at radius 3 is 2.83 bits per heavy atom. The topological polar surface area (TPSA) is 50.4 Å². The van der Waals surface area contributed by atoms with Crippen molar-refractivity contribution in [3.8, 4) is 5.75 Å². The second-order valence-electron chi connectivity index (χ2n) is 4.61. The fraction of sp³-hybridized carbons (Fsp3) is 0.500. The van der Waals surface area contributed by atoms with E-state index in [4.69, 9.17) is 4.74 Å². The predicted octanol–water partition coefficient (Wildman–Crippen LogP) is 1.42. The maximum absolute atomic E-state index is 12.0. The number of hydrogen-bond donors (Lipinski definition) is 2. The van der Waals surface area contributed by atoms with Crippen LogP contribution >= 0.6 is 0 Å². The van der Waals surface area contributed by atoms with E-state index in [2.05, 4.69) is 10.6 Å². The summed E-state index contributed by atoms with van der Waals surface area (Å²) in [6.07, 6.45) is 2.49. The third-order valence-electron chi connectivity index (χ3n) is 2.96. The summed E-state index contributed by atoms with van der Waals surface area (Å²) in [5.41, 5.74) is 0.620. The van der Waals surface area contributed by atoms with E-state index in [0.29, 0.717) is 23.8 Å². The predicted molar refractivity (Wildman–Crippen MR) is 70.9 cm³/mol. The molecule has 1 aliphatic carbocycles. The second kappa shape index (κ2) is 6.40. The lowest BCUT2D eigenvalue weighted by atomic mass is 10.2. The minimum Gasteiger partial charge on any atom is -0.492 e. The number of para-hydroxylation sites is 1. The minimum atomic E-state index is -0.0725. The lowest BCUT2D eigenvalue weighted by Gasteiger charge is -2.11. The molecule has 1 fully saturated rings. The van der Waals surface area contributed by atoms with Crippen molar-refractivity contribution in [3.63, 3.8) is 0 Å². The highest BCUT2D eigenvalue weighted by Crippen LogP contribution is 2.30. The van der Waals surface area contributed by atoms with Crippen LogP contribution in [0.5, 0.6) is 5.75 Å². The first-order valence-corrected chi connectivity index (χ1v) is 6.46. The maximum Gasteiger partial charge on any atom is 0.255 e. The molecule has 1 amide bonds. The molecule has 0 atom stereocenters. The number of likely N-dealkylation sites (N-methyl/N-ethyl adjacent to an activating group) is 1. The Labute approximate surface area is 108 Å². The average Bonchev–Trinajstić information content (AvgIpc) is 3.21. The molecule has 1 aromatic carbocycles. The lowest BCUT2D eigenvalue weighted by molar-refractivity contribution is 0.0950. The summed E-state index contributed by atoms with van der Waals surface area (Å²) >= 11 is 0. The summed E-state index contributed by atoms with van der Waals surface area (Å²) in [5.74, 6) is 1.30. The van der Waals surface area contributed by atoms with Crippen LogP contribution in [0.15, 0.2) is 24.3 Å². The fourth-order valence-corrected chi connectivity index (χ4v) is 1.67. The Hall–Kier alpha value is -1.55. The molecule has 0 radical (unpaired) electrons. The van der Waals surface area contributed by atoms with Crippen molar-refractivity contribution in [1.29, 1.82) is 0 Å². The summed E-state index contributed by atoms with van der Waals surface area (Å²) in [6, 6.07) is 7.41. The molecule has 2 N–H and O–H groups in total. The van der Waals surface area contributed by atoms with Crippen LogP contribution in [0, 0.1) is 5.92 Å². The molecule has 0 heterocycles. The van der Waals surface area contributed by atoms with Crippen molar-refractivity contribution in [2.24, 2.45) is 5.92 Å². The Kier molecular flexibility index (Phi) is 4.59. The van der Waals surface area contributed by atoms with E-state index in [1.165, 1.54) is 12.8 Å². The highest BCUT2D eigenvalue weighted by molar-refractivity contribution is 5.96. The van der Waals surface area contributed by atoms with Gasteiger partial charge in [0, 0.05) is 13.1 Å². The number of carbonyl (C=O) groups excluding carboxylic acids is 1. The molecule has 1 saturated carbocycles. The number of nitrogens with one attached hydrogen (secondary N) is 2. The van der Waals surface area contributed by atoms with E-state index in [0.717, 1.165) is 13.2 Å². The fourth-order valence-electron chi connectivity index (χ4n) is 1.67. The van der Waals surface area contributed by atoms with Crippen molar-refractivity contribution in [1.82, 2.24) is 10.6 Å². The van der Waals surface area contributed by atoms with Gasteiger partial charge in [0.05, 0.1) is 12.2 Å². The van der Waals surface area contributed by atoms with E-state index in [1.54, 1.807) is 6.07 Å². The van der Waals surface area contributed by atoms with Crippen LogP contribution in [0.1, 0.15) is 23.2 Å². The molecule has 0 bridgehead atoms. The van der Waals surface area contributed by atoms with Gasteiger partial charge in [-0.2, -0.15) is 0 Å². The lowest BCUT2D eigenvalue weighted by Crippen LogP contribution is -2.30. The number of benzene rings is 1. The first-order valence-electron chi connectivity index (χ1n) is 6.46. The van der Waals surface area contributed by atoms with Crippen LogP contribution in [0.4, 0.5) is 0 Å². The Morgan fingerprint density at radius 1 is 1.33 bits per heavy atom. The van der Waals surface area contributed by atoms with Gasteiger partial charge in [0.25, 0.3) is 5.91 Å². The van der Waals surface area contributed by atoms with Gasteiger partial charge in [-0.3, -0.25) is 4.79 Å². The normalized spacial score (nSPS) is 14.3. The van der Waals surface area contributed by atoms with Crippen LogP contribution in [-0.2, 0) is 0 Å². The molecule has 1 aliphatic rings. The quantitative estimate of drug-likeness (QED) is 0.718.